The number of isothiocyanates is 1. The van der Waals surface area contributed by atoms with E-state index in [2.05, 4.69) is 27.4 Å². The molecule has 1 heterocycles. The van der Waals surface area contributed by atoms with Gasteiger partial charge in [-0.1, -0.05) is 29.8 Å². The number of fused-ring (bicyclic) bond motifs is 1. The summed E-state index contributed by atoms with van der Waals surface area (Å²) in [5.41, 5.74) is 1.75. The zero-order valence-corrected chi connectivity index (χ0v) is 9.35. The first-order chi connectivity index (χ1) is 7.31. The maximum atomic E-state index is 6.01. The molecule has 0 spiro atoms. The Morgan fingerprint density at radius 3 is 3.00 bits per heavy atom. The molecule has 0 radical (unpaired) electrons. The van der Waals surface area contributed by atoms with Crippen LogP contribution in [-0.2, 0) is 6.54 Å². The monoisotopic (exact) mass is 234 g/mol. The summed E-state index contributed by atoms with van der Waals surface area (Å²) in [4.78, 5) is 8.12. The molecule has 1 aromatic heterocycles. The molecule has 0 saturated carbocycles. The van der Waals surface area contributed by atoms with Crippen LogP contribution in [-0.4, -0.2) is 10.1 Å². The van der Waals surface area contributed by atoms with Crippen LogP contribution in [0.15, 0.2) is 35.3 Å². The maximum Gasteiger partial charge on any atom is 0.134 e. The molecule has 4 heteroatoms. The van der Waals surface area contributed by atoms with Crippen molar-refractivity contribution in [1.82, 2.24) is 4.98 Å². The Balaban J connectivity index is 2.56. The minimum absolute atomic E-state index is 0.431. The molecule has 2 rings (SSSR count). The van der Waals surface area contributed by atoms with Crippen LogP contribution < -0.4 is 0 Å². The van der Waals surface area contributed by atoms with E-state index in [9.17, 15) is 0 Å². The lowest BCUT2D eigenvalue weighted by atomic mass is 10.1. The first kappa shape index (κ1) is 10.2. The van der Waals surface area contributed by atoms with Crippen LogP contribution in [0, 0.1) is 0 Å². The van der Waals surface area contributed by atoms with Crippen molar-refractivity contribution in [3.05, 3.63) is 41.0 Å². The fraction of sp³-hybridized carbons (Fsp3) is 0.0909. The molecule has 0 atom stereocenters. The molecule has 2 nitrogen and oxygen atoms in total. The average molecular weight is 235 g/mol. The van der Waals surface area contributed by atoms with Gasteiger partial charge in [0.05, 0.1) is 17.2 Å². The lowest BCUT2D eigenvalue weighted by Gasteiger charge is -2.02. The van der Waals surface area contributed by atoms with E-state index < -0.39 is 0 Å². The minimum atomic E-state index is 0.431. The average Bonchev–Trinajstić information content (AvgIpc) is 2.26. The van der Waals surface area contributed by atoms with E-state index >= 15 is 0 Å². The van der Waals surface area contributed by atoms with Crippen molar-refractivity contribution in [3.8, 4) is 0 Å². The number of rotatable bonds is 2. The number of nitrogens with zero attached hydrogens (tertiary/aromatic N) is 2. The van der Waals surface area contributed by atoms with E-state index in [4.69, 9.17) is 11.6 Å². The topological polar surface area (TPSA) is 25.2 Å². The van der Waals surface area contributed by atoms with E-state index in [0.29, 0.717) is 11.7 Å². The van der Waals surface area contributed by atoms with Gasteiger partial charge in [-0.2, -0.15) is 0 Å². The number of benzene rings is 1. The molecule has 0 saturated heterocycles. The van der Waals surface area contributed by atoms with Crippen LogP contribution >= 0.6 is 23.8 Å². The van der Waals surface area contributed by atoms with Crippen LogP contribution in [0.1, 0.15) is 5.56 Å². The fourth-order valence-corrected chi connectivity index (χ4v) is 1.63. The quantitative estimate of drug-likeness (QED) is 0.452. The molecule has 0 unspecified atom stereocenters. The Morgan fingerprint density at radius 1 is 1.40 bits per heavy atom. The van der Waals surface area contributed by atoms with Gasteiger partial charge in [-0.15, -0.1) is 0 Å². The highest BCUT2D eigenvalue weighted by Crippen LogP contribution is 2.20. The number of para-hydroxylation sites is 1. The van der Waals surface area contributed by atoms with Crippen LogP contribution in [0.3, 0.4) is 0 Å². The number of thiocarbonyl (C=S) groups is 1. The Morgan fingerprint density at radius 2 is 2.20 bits per heavy atom. The SMILES string of the molecule is S=C=NCc1cc2ccccc2nc1Cl. The summed E-state index contributed by atoms with van der Waals surface area (Å²) in [6.45, 7) is 0.431. The van der Waals surface area contributed by atoms with Crippen LogP contribution in [0.2, 0.25) is 5.15 Å². The summed E-state index contributed by atoms with van der Waals surface area (Å²) in [6.07, 6.45) is 0. The highest BCUT2D eigenvalue weighted by molar-refractivity contribution is 7.78. The van der Waals surface area contributed by atoms with Gasteiger partial charge in [-0.05, 0) is 24.4 Å². The summed E-state index contributed by atoms with van der Waals surface area (Å²) in [7, 11) is 0. The van der Waals surface area contributed by atoms with E-state index in [0.717, 1.165) is 16.5 Å². The third-order valence-corrected chi connectivity index (χ3v) is 2.52. The standard InChI is InChI=1S/C11H7ClN2S/c12-11-9(6-13-7-15)5-8-3-1-2-4-10(8)14-11/h1-5H,6H2. The lowest BCUT2D eigenvalue weighted by Crippen LogP contribution is -1.88. The van der Waals surface area contributed by atoms with Crippen LogP contribution in [0.4, 0.5) is 0 Å². The smallest absolute Gasteiger partial charge is 0.134 e. The van der Waals surface area contributed by atoms with Gasteiger partial charge in [0.2, 0.25) is 0 Å². The second-order valence-corrected chi connectivity index (χ2v) is 3.58. The zero-order chi connectivity index (χ0) is 10.7. The Bertz CT molecular complexity index is 547. The molecule has 2 aromatic rings. The van der Waals surface area contributed by atoms with Gasteiger partial charge in [0.15, 0.2) is 0 Å². The van der Waals surface area contributed by atoms with E-state index in [1.54, 1.807) is 0 Å². The number of hydrogen-bond acceptors (Lipinski definition) is 3. The molecule has 0 aliphatic carbocycles. The third-order valence-electron chi connectivity index (χ3n) is 2.06. The molecule has 15 heavy (non-hydrogen) atoms. The molecule has 0 N–H and O–H groups in total. The first-order valence-corrected chi connectivity index (χ1v) is 5.17. The zero-order valence-electron chi connectivity index (χ0n) is 7.77. The van der Waals surface area contributed by atoms with Gasteiger partial charge in [0, 0.05) is 10.9 Å². The largest absolute Gasteiger partial charge is 0.236 e. The van der Waals surface area contributed by atoms with Gasteiger partial charge in [-0.3, -0.25) is 0 Å². The van der Waals surface area contributed by atoms with Crippen molar-refractivity contribution in [2.45, 2.75) is 6.54 Å². The van der Waals surface area contributed by atoms with Crippen molar-refractivity contribution in [2.75, 3.05) is 0 Å². The number of pyridine rings is 1. The molecule has 1 aromatic carbocycles. The van der Waals surface area contributed by atoms with Gasteiger partial charge in [-0.25, -0.2) is 9.98 Å². The van der Waals surface area contributed by atoms with Gasteiger partial charge >= 0.3 is 0 Å². The Kier molecular flexibility index (Phi) is 3.07. The number of halogens is 1. The summed E-state index contributed by atoms with van der Waals surface area (Å²) in [5.74, 6) is 0. The number of aromatic nitrogens is 1. The van der Waals surface area contributed by atoms with Gasteiger partial charge in [0.1, 0.15) is 5.15 Å². The normalized spacial score (nSPS) is 9.93. The van der Waals surface area contributed by atoms with Gasteiger partial charge in [0.25, 0.3) is 0 Å². The second kappa shape index (κ2) is 4.49. The summed E-state index contributed by atoms with van der Waals surface area (Å²) in [5, 5.41) is 3.84. The van der Waals surface area contributed by atoms with Crippen molar-refractivity contribution in [3.63, 3.8) is 0 Å². The molecule has 74 valence electrons. The van der Waals surface area contributed by atoms with Crippen LogP contribution in [0.5, 0.6) is 0 Å². The molecule has 0 fully saturated rings. The summed E-state index contributed by atoms with van der Waals surface area (Å²) in [6, 6.07) is 9.78. The van der Waals surface area contributed by atoms with E-state index in [1.165, 1.54) is 0 Å². The number of hydrogen-bond donors (Lipinski definition) is 0. The molecule has 0 bridgehead atoms. The Labute approximate surface area is 97.6 Å². The summed E-state index contributed by atoms with van der Waals surface area (Å²) >= 11 is 10.5. The number of aliphatic imine (C=N–C) groups is 1. The minimum Gasteiger partial charge on any atom is -0.236 e. The second-order valence-electron chi connectivity index (χ2n) is 3.04. The van der Waals surface area contributed by atoms with Crippen molar-refractivity contribution in [1.29, 1.82) is 0 Å². The van der Waals surface area contributed by atoms with Crippen molar-refractivity contribution >= 4 is 39.9 Å². The van der Waals surface area contributed by atoms with E-state index in [1.807, 2.05) is 30.3 Å². The highest BCUT2D eigenvalue weighted by atomic mass is 35.5. The molecule has 0 amide bonds. The third kappa shape index (κ3) is 2.21. The predicted octanol–water partition coefficient (Wildman–Crippen LogP) is 3.49. The predicted molar refractivity (Wildman–Crippen MR) is 65.5 cm³/mol. The first-order valence-electron chi connectivity index (χ1n) is 4.39. The van der Waals surface area contributed by atoms with Crippen molar-refractivity contribution in [2.24, 2.45) is 4.99 Å². The molecule has 0 aliphatic rings. The molecule has 0 aliphatic heterocycles. The fourth-order valence-electron chi connectivity index (χ4n) is 1.36. The molecular weight excluding hydrogens is 228 g/mol. The van der Waals surface area contributed by atoms with Gasteiger partial charge < -0.3 is 0 Å². The molecular formula is C11H7ClN2S. The maximum absolute atomic E-state index is 6.01. The van der Waals surface area contributed by atoms with Crippen LogP contribution in [0.25, 0.3) is 10.9 Å². The summed E-state index contributed by atoms with van der Waals surface area (Å²) < 4.78 is 0. The Hall–Kier alpha value is -1.28. The highest BCUT2D eigenvalue weighted by Gasteiger charge is 2.03. The van der Waals surface area contributed by atoms with Crippen molar-refractivity contribution < 1.29 is 0 Å². The van der Waals surface area contributed by atoms with E-state index in [-0.39, 0.29) is 0 Å². The lowest BCUT2D eigenvalue weighted by molar-refractivity contribution is 1.07.